The van der Waals surface area contributed by atoms with Crippen molar-refractivity contribution >= 4 is 5.78 Å². The quantitative estimate of drug-likeness (QED) is 0.447. The number of ether oxygens (including phenoxy) is 2. The highest BCUT2D eigenvalue weighted by Crippen LogP contribution is 2.42. The van der Waals surface area contributed by atoms with Gasteiger partial charge in [-0.05, 0) is 72.9 Å². The Kier molecular flexibility index (Phi) is 7.71. The van der Waals surface area contributed by atoms with Crippen LogP contribution in [0.2, 0.25) is 0 Å². The van der Waals surface area contributed by atoms with Crippen molar-refractivity contribution in [3.8, 4) is 17.2 Å². The van der Waals surface area contributed by atoms with Crippen molar-refractivity contribution in [3.05, 3.63) is 88.2 Å². The molecule has 0 saturated carbocycles. The zero-order valence-corrected chi connectivity index (χ0v) is 20.5. The summed E-state index contributed by atoms with van der Waals surface area (Å²) >= 11 is 0. The van der Waals surface area contributed by atoms with E-state index >= 15 is 4.39 Å². The van der Waals surface area contributed by atoms with Gasteiger partial charge in [0.05, 0.1) is 19.8 Å². The number of hydrogen-bond donors (Lipinski definition) is 1. The van der Waals surface area contributed by atoms with Crippen molar-refractivity contribution in [1.29, 1.82) is 0 Å². The largest absolute Gasteiger partial charge is 0.508 e. The van der Waals surface area contributed by atoms with E-state index < -0.39 is 0 Å². The number of Topliss-reactive ketones (excluding diaryl/α,β-unsaturated/α-hetero) is 1. The highest BCUT2D eigenvalue weighted by atomic mass is 19.1. The molecule has 0 fully saturated rings. The first-order chi connectivity index (χ1) is 16.9. The van der Waals surface area contributed by atoms with Crippen LogP contribution < -0.4 is 9.47 Å². The van der Waals surface area contributed by atoms with Crippen LogP contribution in [-0.4, -0.2) is 42.6 Å². The number of rotatable bonds is 9. The Morgan fingerprint density at radius 1 is 1.11 bits per heavy atom. The number of halogens is 1. The minimum absolute atomic E-state index is 0.115. The van der Waals surface area contributed by atoms with Crippen LogP contribution in [0.5, 0.6) is 17.2 Å². The average molecular weight is 478 g/mol. The molecule has 0 saturated heterocycles. The van der Waals surface area contributed by atoms with Gasteiger partial charge in [-0.15, -0.1) is 0 Å². The molecule has 0 aromatic heterocycles. The van der Waals surface area contributed by atoms with E-state index in [9.17, 15) is 9.90 Å². The number of phenolic OH excluding ortho intramolecular Hbond substituents is 1. The van der Waals surface area contributed by atoms with Gasteiger partial charge >= 0.3 is 0 Å². The predicted octanol–water partition coefficient (Wildman–Crippen LogP) is 5.40. The summed E-state index contributed by atoms with van der Waals surface area (Å²) in [6.07, 6.45) is 1.81. The Labute approximate surface area is 206 Å². The summed E-state index contributed by atoms with van der Waals surface area (Å²) < 4.78 is 27.0. The number of benzene rings is 3. The molecular formula is C29H32FNO4. The van der Waals surface area contributed by atoms with Crippen molar-refractivity contribution in [3.63, 3.8) is 0 Å². The monoisotopic (exact) mass is 477 g/mol. The fourth-order valence-electron chi connectivity index (χ4n) is 4.70. The molecule has 3 aromatic carbocycles. The number of aryl methyl sites for hydroxylation is 1. The van der Waals surface area contributed by atoms with E-state index in [-0.39, 0.29) is 23.4 Å². The van der Waals surface area contributed by atoms with E-state index in [0.717, 1.165) is 35.2 Å². The van der Waals surface area contributed by atoms with Crippen LogP contribution in [0.25, 0.3) is 0 Å². The number of ketones is 1. The maximum Gasteiger partial charge on any atom is 0.161 e. The summed E-state index contributed by atoms with van der Waals surface area (Å²) in [5, 5.41) is 9.71. The third-order valence-corrected chi connectivity index (χ3v) is 6.51. The zero-order chi connectivity index (χ0) is 24.9. The lowest BCUT2D eigenvalue weighted by Crippen LogP contribution is -2.38. The van der Waals surface area contributed by atoms with Gasteiger partial charge in [0.25, 0.3) is 0 Å². The Bertz CT molecular complexity index is 1210. The van der Waals surface area contributed by atoms with E-state index in [1.165, 1.54) is 0 Å². The standard InChI is InChI=1S/C29H32FNO4/c1-19-7-8-24(26(30)15-19)29-25-18-28(35-14-11-21-5-4-6-23(33)16-21)27(34-3)17-22(25)10-13-31(29)12-9-20(2)32/h4-8,15-18,29,33H,9-14H2,1-3H3. The Morgan fingerprint density at radius 2 is 1.94 bits per heavy atom. The van der Waals surface area contributed by atoms with Crippen molar-refractivity contribution in [1.82, 2.24) is 4.90 Å². The van der Waals surface area contributed by atoms with E-state index in [1.54, 1.807) is 38.3 Å². The van der Waals surface area contributed by atoms with Crippen molar-refractivity contribution < 1.29 is 23.8 Å². The van der Waals surface area contributed by atoms with Crippen LogP contribution in [0.4, 0.5) is 4.39 Å². The molecule has 4 rings (SSSR count). The van der Waals surface area contributed by atoms with Gasteiger partial charge in [0.2, 0.25) is 0 Å². The Balaban J connectivity index is 1.67. The van der Waals surface area contributed by atoms with Gasteiger partial charge in [-0.25, -0.2) is 4.39 Å². The number of methoxy groups -OCH3 is 1. The number of nitrogens with zero attached hydrogens (tertiary/aromatic N) is 1. The first-order valence-electron chi connectivity index (χ1n) is 12.0. The molecule has 184 valence electrons. The van der Waals surface area contributed by atoms with E-state index in [0.29, 0.717) is 43.1 Å². The molecular weight excluding hydrogens is 445 g/mol. The van der Waals surface area contributed by atoms with Crippen molar-refractivity contribution in [2.45, 2.75) is 39.2 Å². The molecule has 0 amide bonds. The molecule has 1 N–H and O–H groups in total. The molecule has 0 bridgehead atoms. The molecule has 6 heteroatoms. The van der Waals surface area contributed by atoms with Crippen molar-refractivity contribution in [2.24, 2.45) is 0 Å². The number of aromatic hydroxyl groups is 1. The fourth-order valence-corrected chi connectivity index (χ4v) is 4.70. The Hall–Kier alpha value is -3.38. The molecule has 1 heterocycles. The molecule has 1 aliphatic heterocycles. The molecule has 0 spiro atoms. The third-order valence-electron chi connectivity index (χ3n) is 6.51. The van der Waals surface area contributed by atoms with Crippen LogP contribution in [-0.2, 0) is 17.6 Å². The van der Waals surface area contributed by atoms with Gasteiger partial charge in [0.1, 0.15) is 17.3 Å². The minimum Gasteiger partial charge on any atom is -0.508 e. The molecule has 1 atom stereocenters. The van der Waals surface area contributed by atoms with Crippen molar-refractivity contribution in [2.75, 3.05) is 26.8 Å². The molecule has 0 aliphatic carbocycles. The molecule has 1 aliphatic rings. The number of phenols is 1. The van der Waals surface area contributed by atoms with E-state index in [1.807, 2.05) is 37.3 Å². The highest BCUT2D eigenvalue weighted by molar-refractivity contribution is 5.75. The topological polar surface area (TPSA) is 59.0 Å². The van der Waals surface area contributed by atoms with E-state index in [4.69, 9.17) is 9.47 Å². The lowest BCUT2D eigenvalue weighted by Gasteiger charge is -2.38. The lowest BCUT2D eigenvalue weighted by atomic mass is 9.87. The van der Waals surface area contributed by atoms with Crippen LogP contribution in [0.3, 0.4) is 0 Å². The van der Waals surface area contributed by atoms with E-state index in [2.05, 4.69) is 4.90 Å². The van der Waals surface area contributed by atoms with Crippen LogP contribution in [0.15, 0.2) is 54.6 Å². The van der Waals surface area contributed by atoms with Gasteiger partial charge < -0.3 is 14.6 Å². The summed E-state index contributed by atoms with van der Waals surface area (Å²) in [6, 6.07) is 16.1. The van der Waals surface area contributed by atoms with Crippen LogP contribution >= 0.6 is 0 Å². The fraction of sp³-hybridized carbons (Fsp3) is 0.345. The number of hydrogen-bond acceptors (Lipinski definition) is 5. The van der Waals surface area contributed by atoms with Gasteiger partial charge in [0, 0.05) is 31.5 Å². The van der Waals surface area contributed by atoms with Gasteiger partial charge in [0.15, 0.2) is 11.5 Å². The normalized spacial score (nSPS) is 15.5. The van der Waals surface area contributed by atoms with Gasteiger partial charge in [-0.2, -0.15) is 0 Å². The summed E-state index contributed by atoms with van der Waals surface area (Å²) in [4.78, 5) is 13.9. The van der Waals surface area contributed by atoms with Gasteiger partial charge in [-0.1, -0.05) is 24.3 Å². The van der Waals surface area contributed by atoms with Crippen LogP contribution in [0.1, 0.15) is 47.2 Å². The second-order valence-corrected chi connectivity index (χ2v) is 9.14. The number of carbonyl (C=O) groups excluding carboxylic acids is 1. The summed E-state index contributed by atoms with van der Waals surface area (Å²) in [5.41, 5.74) is 4.48. The third kappa shape index (κ3) is 5.82. The molecule has 5 nitrogen and oxygen atoms in total. The molecule has 0 radical (unpaired) electrons. The molecule has 35 heavy (non-hydrogen) atoms. The second-order valence-electron chi connectivity index (χ2n) is 9.14. The lowest BCUT2D eigenvalue weighted by molar-refractivity contribution is -0.117. The maximum absolute atomic E-state index is 15.2. The Morgan fingerprint density at radius 3 is 2.66 bits per heavy atom. The number of carbonyl (C=O) groups is 1. The maximum atomic E-state index is 15.2. The predicted molar refractivity (Wildman–Crippen MR) is 134 cm³/mol. The highest BCUT2D eigenvalue weighted by Gasteiger charge is 2.32. The first kappa shape index (κ1) is 24.7. The summed E-state index contributed by atoms with van der Waals surface area (Å²) in [7, 11) is 1.61. The zero-order valence-electron chi connectivity index (χ0n) is 20.5. The average Bonchev–Trinajstić information content (AvgIpc) is 2.82. The molecule has 1 unspecified atom stereocenters. The smallest absolute Gasteiger partial charge is 0.161 e. The first-order valence-corrected chi connectivity index (χ1v) is 12.0. The number of fused-ring (bicyclic) bond motifs is 1. The summed E-state index contributed by atoms with van der Waals surface area (Å²) in [6.45, 7) is 5.14. The molecule has 3 aromatic rings. The second kappa shape index (κ2) is 10.9. The SMILES string of the molecule is COc1cc2c(cc1OCCc1cccc(O)c1)C(c1ccc(C)cc1F)N(CCC(C)=O)CC2. The minimum atomic E-state index is -0.321. The summed E-state index contributed by atoms with van der Waals surface area (Å²) in [5.74, 6) is 1.32. The van der Waals surface area contributed by atoms with Crippen LogP contribution in [0, 0.1) is 12.7 Å². The van der Waals surface area contributed by atoms with Gasteiger partial charge in [-0.3, -0.25) is 9.69 Å².